The summed E-state index contributed by atoms with van der Waals surface area (Å²) in [5, 5.41) is 14.0. The summed E-state index contributed by atoms with van der Waals surface area (Å²) in [4.78, 5) is 0. The van der Waals surface area contributed by atoms with Crippen molar-refractivity contribution in [3.05, 3.63) is 28.8 Å². The molecule has 0 saturated carbocycles. The molecule has 0 bridgehead atoms. The van der Waals surface area contributed by atoms with Crippen LogP contribution < -0.4 is 5.32 Å². The molecular weight excluding hydrogens is 222 g/mol. The quantitative estimate of drug-likeness (QED) is 0.846. The van der Waals surface area contributed by atoms with Gasteiger partial charge in [0.05, 0.1) is 16.3 Å². The number of aliphatic hydroxyl groups is 1. The van der Waals surface area contributed by atoms with Crippen molar-refractivity contribution < 1.29 is 5.11 Å². The fourth-order valence-corrected chi connectivity index (χ4v) is 1.44. The van der Waals surface area contributed by atoms with Crippen molar-refractivity contribution in [1.82, 2.24) is 0 Å². The zero-order valence-electron chi connectivity index (χ0n) is 10.3. The molecule has 16 heavy (non-hydrogen) atoms. The summed E-state index contributed by atoms with van der Waals surface area (Å²) < 4.78 is 0. The molecule has 0 aliphatic heterocycles. The van der Waals surface area contributed by atoms with Crippen molar-refractivity contribution in [3.8, 4) is 0 Å². The van der Waals surface area contributed by atoms with Gasteiger partial charge in [0, 0.05) is 6.54 Å². The van der Waals surface area contributed by atoms with E-state index < -0.39 is 5.60 Å². The fraction of sp³-hybridized carbons (Fsp3) is 0.538. The van der Waals surface area contributed by atoms with Gasteiger partial charge in [-0.3, -0.25) is 0 Å². The molecule has 0 fully saturated rings. The van der Waals surface area contributed by atoms with Crippen molar-refractivity contribution in [2.45, 2.75) is 33.3 Å². The van der Waals surface area contributed by atoms with Gasteiger partial charge < -0.3 is 10.4 Å². The van der Waals surface area contributed by atoms with Crippen LogP contribution in [0, 0.1) is 12.8 Å². The highest BCUT2D eigenvalue weighted by molar-refractivity contribution is 6.33. The van der Waals surface area contributed by atoms with Crippen LogP contribution in [0.4, 0.5) is 5.69 Å². The van der Waals surface area contributed by atoms with Crippen LogP contribution in [0.15, 0.2) is 18.2 Å². The van der Waals surface area contributed by atoms with Gasteiger partial charge in [-0.1, -0.05) is 31.5 Å². The van der Waals surface area contributed by atoms with Crippen LogP contribution in [-0.4, -0.2) is 17.3 Å². The number of nitrogens with one attached hydrogen (secondary N) is 1. The van der Waals surface area contributed by atoms with E-state index in [1.54, 1.807) is 0 Å². The van der Waals surface area contributed by atoms with Crippen LogP contribution >= 0.6 is 11.6 Å². The molecule has 0 saturated heterocycles. The molecule has 1 aromatic carbocycles. The summed E-state index contributed by atoms with van der Waals surface area (Å²) >= 11 is 6.06. The second-order valence-corrected chi connectivity index (χ2v) is 5.26. The number of anilines is 1. The van der Waals surface area contributed by atoms with Crippen LogP contribution in [0.2, 0.25) is 5.02 Å². The topological polar surface area (TPSA) is 32.3 Å². The molecule has 90 valence electrons. The highest BCUT2D eigenvalue weighted by Crippen LogP contribution is 2.24. The molecule has 0 amide bonds. The minimum Gasteiger partial charge on any atom is -0.388 e. The van der Waals surface area contributed by atoms with E-state index in [9.17, 15) is 5.11 Å². The third kappa shape index (κ3) is 3.39. The lowest BCUT2D eigenvalue weighted by molar-refractivity contribution is 0.0266. The van der Waals surface area contributed by atoms with Gasteiger partial charge >= 0.3 is 0 Å². The standard InChI is InChI=1S/C13H20ClNO/c1-9(2)13(4,16)8-15-12-7-10(3)5-6-11(12)14/h5-7,9,15-16H,8H2,1-4H3. The van der Waals surface area contributed by atoms with Gasteiger partial charge in [0.15, 0.2) is 0 Å². The Balaban J connectivity index is 2.71. The van der Waals surface area contributed by atoms with Crippen molar-refractivity contribution in [2.75, 3.05) is 11.9 Å². The summed E-state index contributed by atoms with van der Waals surface area (Å²) in [6, 6.07) is 5.82. The number of aryl methyl sites for hydroxylation is 1. The van der Waals surface area contributed by atoms with Gasteiger partial charge in [-0.05, 0) is 37.5 Å². The largest absolute Gasteiger partial charge is 0.388 e. The molecule has 0 heterocycles. The van der Waals surface area contributed by atoms with E-state index >= 15 is 0 Å². The van der Waals surface area contributed by atoms with E-state index in [-0.39, 0.29) is 5.92 Å². The monoisotopic (exact) mass is 241 g/mol. The molecule has 0 spiro atoms. The maximum atomic E-state index is 10.1. The third-order valence-corrected chi connectivity index (χ3v) is 3.33. The first kappa shape index (κ1) is 13.3. The van der Waals surface area contributed by atoms with Gasteiger partial charge in [-0.2, -0.15) is 0 Å². The number of benzene rings is 1. The van der Waals surface area contributed by atoms with E-state index in [4.69, 9.17) is 11.6 Å². The summed E-state index contributed by atoms with van der Waals surface area (Å²) in [7, 11) is 0. The first-order valence-corrected chi connectivity index (χ1v) is 5.93. The Kier molecular flexibility index (Phi) is 4.22. The van der Waals surface area contributed by atoms with Gasteiger partial charge in [0.25, 0.3) is 0 Å². The summed E-state index contributed by atoms with van der Waals surface area (Å²) in [5.41, 5.74) is 1.30. The molecule has 2 N–H and O–H groups in total. The second kappa shape index (κ2) is 5.07. The van der Waals surface area contributed by atoms with Gasteiger partial charge in [-0.25, -0.2) is 0 Å². The minimum atomic E-state index is -0.729. The SMILES string of the molecule is Cc1ccc(Cl)c(NCC(C)(O)C(C)C)c1. The van der Waals surface area contributed by atoms with E-state index in [0.717, 1.165) is 11.3 Å². The van der Waals surface area contributed by atoms with Crippen molar-refractivity contribution >= 4 is 17.3 Å². The molecule has 3 heteroatoms. The maximum Gasteiger partial charge on any atom is 0.0813 e. The molecule has 0 radical (unpaired) electrons. The van der Waals surface area contributed by atoms with Gasteiger partial charge in [-0.15, -0.1) is 0 Å². The predicted molar refractivity (Wildman–Crippen MR) is 70.1 cm³/mol. The number of halogens is 1. The highest BCUT2D eigenvalue weighted by Gasteiger charge is 2.24. The van der Waals surface area contributed by atoms with Crippen LogP contribution in [0.3, 0.4) is 0 Å². The number of hydrogen-bond donors (Lipinski definition) is 2. The molecule has 1 rings (SSSR count). The third-order valence-electron chi connectivity index (χ3n) is 3.00. The summed E-state index contributed by atoms with van der Waals surface area (Å²) in [6.45, 7) is 8.34. The Bertz CT molecular complexity index is 361. The number of hydrogen-bond acceptors (Lipinski definition) is 2. The fourth-order valence-electron chi connectivity index (χ4n) is 1.25. The van der Waals surface area contributed by atoms with E-state index in [1.165, 1.54) is 0 Å². The van der Waals surface area contributed by atoms with Gasteiger partial charge in [0.2, 0.25) is 0 Å². The maximum absolute atomic E-state index is 10.1. The molecule has 0 aromatic heterocycles. The molecule has 1 aromatic rings. The Hall–Kier alpha value is -0.730. The Labute approximate surface area is 103 Å². The van der Waals surface area contributed by atoms with Crippen LogP contribution in [0.5, 0.6) is 0 Å². The average Bonchev–Trinajstić information content (AvgIpc) is 2.19. The van der Waals surface area contributed by atoms with E-state index in [0.29, 0.717) is 11.6 Å². The van der Waals surface area contributed by atoms with Gasteiger partial charge in [0.1, 0.15) is 0 Å². The Morgan fingerprint density at radius 3 is 2.62 bits per heavy atom. The lowest BCUT2D eigenvalue weighted by atomic mass is 9.92. The first-order valence-electron chi connectivity index (χ1n) is 5.55. The lowest BCUT2D eigenvalue weighted by Crippen LogP contribution is -2.38. The highest BCUT2D eigenvalue weighted by atomic mass is 35.5. The smallest absolute Gasteiger partial charge is 0.0813 e. The molecule has 0 aliphatic rings. The Morgan fingerprint density at radius 1 is 1.44 bits per heavy atom. The molecule has 0 aliphatic carbocycles. The molecule has 2 nitrogen and oxygen atoms in total. The van der Waals surface area contributed by atoms with E-state index in [2.05, 4.69) is 5.32 Å². The predicted octanol–water partition coefficient (Wildman–Crippen LogP) is 3.47. The van der Waals surface area contributed by atoms with Crippen molar-refractivity contribution in [2.24, 2.45) is 5.92 Å². The normalized spacial score (nSPS) is 14.9. The second-order valence-electron chi connectivity index (χ2n) is 4.85. The van der Waals surface area contributed by atoms with Crippen molar-refractivity contribution in [1.29, 1.82) is 0 Å². The average molecular weight is 242 g/mol. The molecular formula is C13H20ClNO. The zero-order chi connectivity index (χ0) is 12.3. The lowest BCUT2D eigenvalue weighted by Gasteiger charge is -2.28. The Morgan fingerprint density at radius 2 is 2.06 bits per heavy atom. The minimum absolute atomic E-state index is 0.198. The zero-order valence-corrected chi connectivity index (χ0v) is 11.1. The van der Waals surface area contributed by atoms with E-state index in [1.807, 2.05) is 45.9 Å². The van der Waals surface area contributed by atoms with Crippen LogP contribution in [0.25, 0.3) is 0 Å². The van der Waals surface area contributed by atoms with Crippen LogP contribution in [-0.2, 0) is 0 Å². The van der Waals surface area contributed by atoms with Crippen LogP contribution in [0.1, 0.15) is 26.3 Å². The first-order chi connectivity index (χ1) is 7.33. The molecule has 1 unspecified atom stereocenters. The number of rotatable bonds is 4. The van der Waals surface area contributed by atoms with Crippen molar-refractivity contribution in [3.63, 3.8) is 0 Å². The summed E-state index contributed by atoms with van der Waals surface area (Å²) in [6.07, 6.45) is 0. The molecule has 1 atom stereocenters. The summed E-state index contributed by atoms with van der Waals surface area (Å²) in [5.74, 6) is 0.198.